The molecule has 5 heteroatoms. The second-order valence-corrected chi connectivity index (χ2v) is 6.95. The maximum absolute atomic E-state index is 15.0. The summed E-state index contributed by atoms with van der Waals surface area (Å²) in [5.74, 6) is -0.228. The summed E-state index contributed by atoms with van der Waals surface area (Å²) in [4.78, 5) is 9.57. The summed E-state index contributed by atoms with van der Waals surface area (Å²) in [6.07, 6.45) is 3.34. The van der Waals surface area contributed by atoms with Crippen molar-refractivity contribution in [1.82, 2.24) is 15.3 Å². The number of benzene rings is 3. The lowest BCUT2D eigenvalue weighted by atomic mass is 9.99. The van der Waals surface area contributed by atoms with E-state index in [2.05, 4.69) is 26.8 Å². The van der Waals surface area contributed by atoms with Gasteiger partial charge in [-0.05, 0) is 41.6 Å². The second kappa shape index (κ2) is 8.19. The first-order chi connectivity index (χ1) is 14.2. The van der Waals surface area contributed by atoms with E-state index >= 15 is 0 Å². The molecule has 1 aromatic heterocycles. The summed E-state index contributed by atoms with van der Waals surface area (Å²) in [6, 6.07) is 21.1. The molecule has 0 radical (unpaired) electrons. The molecule has 0 saturated heterocycles. The van der Waals surface area contributed by atoms with Crippen LogP contribution >= 0.6 is 0 Å². The number of aromatic nitrogens is 2. The van der Waals surface area contributed by atoms with Crippen molar-refractivity contribution in [3.63, 3.8) is 0 Å². The van der Waals surface area contributed by atoms with Gasteiger partial charge in [0.25, 0.3) is 0 Å². The number of hydrogen-bond donors (Lipinski definition) is 2. The average Bonchev–Trinajstić information content (AvgIpc) is 3.22. The largest absolute Gasteiger partial charge is 0.389 e. The van der Waals surface area contributed by atoms with Gasteiger partial charge in [-0.1, -0.05) is 49.0 Å². The minimum atomic E-state index is -0.228. The Morgan fingerprint density at radius 3 is 2.72 bits per heavy atom. The summed E-state index contributed by atoms with van der Waals surface area (Å²) in [5.41, 5.74) is 5.26. The number of anilines is 1. The van der Waals surface area contributed by atoms with Crippen LogP contribution in [0.25, 0.3) is 22.2 Å². The van der Waals surface area contributed by atoms with Crippen molar-refractivity contribution in [2.24, 2.45) is 0 Å². The lowest BCUT2D eigenvalue weighted by Crippen LogP contribution is -2.31. The molecule has 29 heavy (non-hydrogen) atoms. The Morgan fingerprint density at radius 2 is 1.97 bits per heavy atom. The molecular weight excluding hydrogens is 363 g/mol. The van der Waals surface area contributed by atoms with Gasteiger partial charge in [0.2, 0.25) is 0 Å². The Balaban J connectivity index is 1.68. The number of H-pyrrole nitrogens is 1. The summed E-state index contributed by atoms with van der Waals surface area (Å²) in [7, 11) is 2.01. The van der Waals surface area contributed by atoms with Crippen molar-refractivity contribution in [3.8, 4) is 11.1 Å². The topological polar surface area (TPSA) is 44.0 Å². The fourth-order valence-corrected chi connectivity index (χ4v) is 3.58. The van der Waals surface area contributed by atoms with Crippen LogP contribution < -0.4 is 10.2 Å². The van der Waals surface area contributed by atoms with Crippen LogP contribution in [0.2, 0.25) is 0 Å². The second-order valence-electron chi connectivity index (χ2n) is 6.95. The fourth-order valence-electron chi connectivity index (χ4n) is 3.58. The molecule has 3 aromatic carbocycles. The molecule has 4 nitrogen and oxygen atoms in total. The maximum atomic E-state index is 15.0. The van der Waals surface area contributed by atoms with E-state index < -0.39 is 0 Å². The minimum absolute atomic E-state index is 0.0799. The zero-order valence-corrected chi connectivity index (χ0v) is 16.3. The van der Waals surface area contributed by atoms with Crippen molar-refractivity contribution in [2.75, 3.05) is 18.5 Å². The molecule has 1 unspecified atom stereocenters. The smallest absolute Gasteiger partial charge is 0.131 e. The Hall–Kier alpha value is -3.60. The predicted octanol–water partition coefficient (Wildman–Crippen LogP) is 5.28. The van der Waals surface area contributed by atoms with Crippen molar-refractivity contribution >= 4 is 16.7 Å². The summed E-state index contributed by atoms with van der Waals surface area (Å²) in [5, 5.41) is 3.17. The van der Waals surface area contributed by atoms with Gasteiger partial charge in [0, 0.05) is 24.8 Å². The number of nitrogens with zero attached hydrogens (tertiary/aromatic N) is 2. The quantitative estimate of drug-likeness (QED) is 0.454. The van der Waals surface area contributed by atoms with Crippen molar-refractivity contribution in [3.05, 3.63) is 97.2 Å². The fraction of sp³-hybridized carbons (Fsp3) is 0.125. The van der Waals surface area contributed by atoms with Crippen LogP contribution in [0.3, 0.4) is 0 Å². The normalized spacial score (nSPS) is 11.9. The van der Waals surface area contributed by atoms with Crippen LogP contribution in [0.1, 0.15) is 11.6 Å². The van der Waals surface area contributed by atoms with E-state index in [-0.39, 0.29) is 11.9 Å². The monoisotopic (exact) mass is 386 g/mol. The molecule has 0 aliphatic rings. The standard InChI is InChI=1S/C24H23FN4/c1-3-26-15-24(29(2)19-10-12-22-23(14-19)28-16-27-22)18-9-11-20(21(25)13-18)17-7-5-4-6-8-17/h3-14,16,24,26H,1,15H2,2H3,(H,27,28). The third kappa shape index (κ3) is 3.85. The molecule has 2 N–H and O–H groups in total. The van der Waals surface area contributed by atoms with Gasteiger partial charge in [0.05, 0.1) is 23.4 Å². The molecule has 0 aliphatic carbocycles. The number of likely N-dealkylation sites (N-methyl/N-ethyl adjacent to an activating group) is 1. The van der Waals surface area contributed by atoms with Gasteiger partial charge in [0.15, 0.2) is 0 Å². The molecule has 1 heterocycles. The van der Waals surface area contributed by atoms with E-state index in [1.54, 1.807) is 18.6 Å². The first-order valence-corrected chi connectivity index (χ1v) is 9.52. The van der Waals surface area contributed by atoms with Gasteiger partial charge in [-0.15, -0.1) is 0 Å². The van der Waals surface area contributed by atoms with E-state index in [1.165, 1.54) is 0 Å². The van der Waals surface area contributed by atoms with Gasteiger partial charge in [-0.3, -0.25) is 0 Å². The average molecular weight is 386 g/mol. The third-order valence-corrected chi connectivity index (χ3v) is 5.20. The van der Waals surface area contributed by atoms with Crippen LogP contribution in [-0.2, 0) is 0 Å². The number of halogens is 1. The van der Waals surface area contributed by atoms with Gasteiger partial charge in [-0.2, -0.15) is 0 Å². The summed E-state index contributed by atoms with van der Waals surface area (Å²) >= 11 is 0. The predicted molar refractivity (Wildman–Crippen MR) is 117 cm³/mol. The minimum Gasteiger partial charge on any atom is -0.389 e. The number of rotatable bonds is 7. The lowest BCUT2D eigenvalue weighted by molar-refractivity contribution is 0.606. The van der Waals surface area contributed by atoms with Crippen LogP contribution in [-0.4, -0.2) is 23.6 Å². The zero-order valence-electron chi connectivity index (χ0n) is 16.3. The Kier molecular flexibility index (Phi) is 5.29. The van der Waals surface area contributed by atoms with E-state index in [1.807, 2.05) is 67.7 Å². The van der Waals surface area contributed by atoms with Crippen LogP contribution in [0, 0.1) is 5.82 Å². The number of fused-ring (bicyclic) bond motifs is 1. The Labute approximate surface area is 169 Å². The maximum Gasteiger partial charge on any atom is 0.131 e. The van der Waals surface area contributed by atoms with Gasteiger partial charge >= 0.3 is 0 Å². The summed E-state index contributed by atoms with van der Waals surface area (Å²) in [6.45, 7) is 4.35. The number of nitrogens with one attached hydrogen (secondary N) is 2. The molecule has 0 bridgehead atoms. The van der Waals surface area contributed by atoms with Crippen LogP contribution in [0.5, 0.6) is 0 Å². The van der Waals surface area contributed by atoms with E-state index in [0.29, 0.717) is 12.1 Å². The van der Waals surface area contributed by atoms with Crippen molar-refractivity contribution in [2.45, 2.75) is 6.04 Å². The molecule has 0 spiro atoms. The third-order valence-electron chi connectivity index (χ3n) is 5.20. The highest BCUT2D eigenvalue weighted by Crippen LogP contribution is 2.30. The molecule has 0 amide bonds. The molecular formula is C24H23FN4. The summed E-state index contributed by atoms with van der Waals surface area (Å²) < 4.78 is 15.0. The molecule has 0 fully saturated rings. The number of aromatic amines is 1. The lowest BCUT2D eigenvalue weighted by Gasteiger charge is -2.31. The van der Waals surface area contributed by atoms with Crippen molar-refractivity contribution < 1.29 is 4.39 Å². The Morgan fingerprint density at radius 1 is 1.14 bits per heavy atom. The molecule has 1 atom stereocenters. The highest BCUT2D eigenvalue weighted by molar-refractivity contribution is 5.79. The molecule has 146 valence electrons. The van der Waals surface area contributed by atoms with Gasteiger partial charge in [0.1, 0.15) is 5.82 Å². The first-order valence-electron chi connectivity index (χ1n) is 9.52. The van der Waals surface area contributed by atoms with Crippen LogP contribution in [0.15, 0.2) is 85.8 Å². The molecule has 0 aliphatic heterocycles. The number of hydrogen-bond acceptors (Lipinski definition) is 3. The number of imidazole rings is 1. The molecule has 0 saturated carbocycles. The van der Waals surface area contributed by atoms with E-state index in [0.717, 1.165) is 27.8 Å². The highest BCUT2D eigenvalue weighted by Gasteiger charge is 2.19. The molecule has 4 rings (SSSR count). The van der Waals surface area contributed by atoms with E-state index in [9.17, 15) is 4.39 Å². The van der Waals surface area contributed by atoms with Gasteiger partial charge in [-0.25, -0.2) is 9.37 Å². The molecule has 4 aromatic rings. The Bertz CT molecular complexity index is 1120. The van der Waals surface area contributed by atoms with Crippen molar-refractivity contribution in [1.29, 1.82) is 0 Å². The van der Waals surface area contributed by atoms with Crippen LogP contribution in [0.4, 0.5) is 10.1 Å². The SMILES string of the molecule is C=CNCC(c1ccc(-c2ccccc2)c(F)c1)N(C)c1ccc2[nH]cnc2c1. The van der Waals surface area contributed by atoms with Gasteiger partial charge < -0.3 is 15.2 Å². The first kappa shape index (κ1) is 18.7. The van der Waals surface area contributed by atoms with E-state index in [4.69, 9.17) is 0 Å². The zero-order chi connectivity index (χ0) is 20.2. The highest BCUT2D eigenvalue weighted by atomic mass is 19.1.